The second-order valence-electron chi connectivity index (χ2n) is 5.22. The molecule has 0 saturated carbocycles. The van der Waals surface area contributed by atoms with Gasteiger partial charge in [0, 0.05) is 19.2 Å². The summed E-state index contributed by atoms with van der Waals surface area (Å²) in [5.41, 5.74) is 0. The molecule has 4 rings (SSSR count). The highest BCUT2D eigenvalue weighted by Crippen LogP contribution is 2.28. The lowest BCUT2D eigenvalue weighted by molar-refractivity contribution is -0.130. The summed E-state index contributed by atoms with van der Waals surface area (Å²) in [5.74, 6) is 2.16. The molecule has 0 N–H and O–H groups in total. The maximum absolute atomic E-state index is 12.0. The van der Waals surface area contributed by atoms with Crippen molar-refractivity contribution in [3.05, 3.63) is 54.5 Å². The predicted molar refractivity (Wildman–Crippen MR) is 79.1 cm³/mol. The van der Waals surface area contributed by atoms with Crippen LogP contribution in [0.5, 0.6) is 0 Å². The van der Waals surface area contributed by atoms with Crippen molar-refractivity contribution >= 4 is 12.0 Å². The molecule has 1 saturated heterocycles. The van der Waals surface area contributed by atoms with E-state index < -0.39 is 0 Å². The van der Waals surface area contributed by atoms with Gasteiger partial charge < -0.3 is 18.3 Å². The number of aromatic nitrogens is 2. The quantitative estimate of drug-likeness (QED) is 0.688. The zero-order valence-electron chi connectivity index (χ0n) is 12.1. The van der Waals surface area contributed by atoms with Crippen LogP contribution < -0.4 is 0 Å². The predicted octanol–water partition coefficient (Wildman–Crippen LogP) is 2.56. The number of hydrogen-bond donors (Lipinski definition) is 0. The van der Waals surface area contributed by atoms with E-state index in [0.29, 0.717) is 36.3 Å². The fourth-order valence-electron chi connectivity index (χ4n) is 2.37. The van der Waals surface area contributed by atoms with Gasteiger partial charge in [-0.1, -0.05) is 5.16 Å². The highest BCUT2D eigenvalue weighted by atomic mass is 16.5. The molecule has 116 valence electrons. The van der Waals surface area contributed by atoms with Crippen LogP contribution in [-0.2, 0) is 4.79 Å². The van der Waals surface area contributed by atoms with Crippen LogP contribution in [0.1, 0.15) is 17.6 Å². The molecule has 23 heavy (non-hydrogen) atoms. The van der Waals surface area contributed by atoms with Gasteiger partial charge in [-0.05, 0) is 30.3 Å². The molecule has 3 aromatic rings. The molecule has 0 atom stereocenters. The highest BCUT2D eigenvalue weighted by molar-refractivity contribution is 5.92. The van der Waals surface area contributed by atoms with Crippen molar-refractivity contribution in [2.75, 3.05) is 13.1 Å². The second-order valence-corrected chi connectivity index (χ2v) is 5.22. The Kier molecular flexibility index (Phi) is 3.30. The summed E-state index contributed by atoms with van der Waals surface area (Å²) in [7, 11) is 0. The minimum Gasteiger partial charge on any atom is -0.465 e. The number of carbonyl (C=O) groups is 1. The van der Waals surface area contributed by atoms with E-state index in [4.69, 9.17) is 13.4 Å². The molecular weight excluding hydrogens is 298 g/mol. The average Bonchev–Trinajstić information content (AvgIpc) is 3.24. The Morgan fingerprint density at radius 3 is 2.78 bits per heavy atom. The minimum absolute atomic E-state index is 0.0622. The van der Waals surface area contributed by atoms with Crippen molar-refractivity contribution in [1.82, 2.24) is 15.0 Å². The fourth-order valence-corrected chi connectivity index (χ4v) is 2.37. The normalized spacial score (nSPS) is 15.2. The zero-order chi connectivity index (χ0) is 15.6. The van der Waals surface area contributed by atoms with Crippen molar-refractivity contribution in [1.29, 1.82) is 0 Å². The van der Waals surface area contributed by atoms with Crippen molar-refractivity contribution in [2.24, 2.45) is 0 Å². The van der Waals surface area contributed by atoms with Gasteiger partial charge in [0.15, 0.2) is 5.76 Å². The van der Waals surface area contributed by atoms with E-state index in [-0.39, 0.29) is 11.8 Å². The van der Waals surface area contributed by atoms with Crippen LogP contribution in [0, 0.1) is 0 Å². The fraction of sp³-hybridized carbons (Fsp3) is 0.188. The monoisotopic (exact) mass is 311 g/mol. The molecule has 7 nitrogen and oxygen atoms in total. The van der Waals surface area contributed by atoms with Crippen molar-refractivity contribution in [2.45, 2.75) is 5.92 Å². The first-order valence-corrected chi connectivity index (χ1v) is 7.17. The lowest BCUT2D eigenvalue weighted by Gasteiger charge is -2.36. The van der Waals surface area contributed by atoms with Gasteiger partial charge in [0.25, 0.3) is 0 Å². The minimum atomic E-state index is -0.0663. The van der Waals surface area contributed by atoms with Crippen molar-refractivity contribution < 1.29 is 18.2 Å². The van der Waals surface area contributed by atoms with E-state index in [1.807, 2.05) is 0 Å². The summed E-state index contributed by atoms with van der Waals surface area (Å²) in [6.45, 7) is 1.11. The van der Waals surface area contributed by atoms with Gasteiger partial charge in [-0.3, -0.25) is 4.79 Å². The smallest absolute Gasteiger partial charge is 0.246 e. The van der Waals surface area contributed by atoms with Gasteiger partial charge >= 0.3 is 0 Å². The zero-order valence-corrected chi connectivity index (χ0v) is 12.1. The van der Waals surface area contributed by atoms with Gasteiger partial charge in [-0.15, -0.1) is 0 Å². The van der Waals surface area contributed by atoms with Gasteiger partial charge in [-0.2, -0.15) is 4.98 Å². The molecule has 0 aromatic carbocycles. The Morgan fingerprint density at radius 1 is 1.22 bits per heavy atom. The number of carbonyl (C=O) groups excluding carboxylic acids is 1. The van der Waals surface area contributed by atoms with Gasteiger partial charge in [0.1, 0.15) is 5.76 Å². The van der Waals surface area contributed by atoms with Crippen LogP contribution in [0.3, 0.4) is 0 Å². The number of rotatable bonds is 4. The van der Waals surface area contributed by atoms with Gasteiger partial charge in [-0.25, -0.2) is 0 Å². The van der Waals surface area contributed by atoms with Crippen molar-refractivity contribution in [3.8, 4) is 11.6 Å². The lowest BCUT2D eigenvalue weighted by Crippen LogP contribution is -2.47. The van der Waals surface area contributed by atoms with Crippen LogP contribution in [0.15, 0.2) is 56.2 Å². The van der Waals surface area contributed by atoms with Gasteiger partial charge in [0.2, 0.25) is 17.6 Å². The highest BCUT2D eigenvalue weighted by Gasteiger charge is 2.35. The molecular formula is C16H13N3O4. The van der Waals surface area contributed by atoms with E-state index in [1.54, 1.807) is 47.8 Å². The maximum atomic E-state index is 12.0. The lowest BCUT2D eigenvalue weighted by atomic mass is 10.00. The van der Waals surface area contributed by atoms with E-state index in [9.17, 15) is 4.79 Å². The number of likely N-dealkylation sites (tertiary alicyclic amines) is 1. The van der Waals surface area contributed by atoms with E-state index >= 15 is 0 Å². The number of furan rings is 2. The molecule has 0 aliphatic carbocycles. The second kappa shape index (κ2) is 5.60. The average molecular weight is 311 g/mol. The van der Waals surface area contributed by atoms with Crippen LogP contribution in [-0.4, -0.2) is 34.0 Å². The van der Waals surface area contributed by atoms with Crippen LogP contribution in [0.25, 0.3) is 17.7 Å². The first-order chi connectivity index (χ1) is 11.3. The summed E-state index contributed by atoms with van der Waals surface area (Å²) < 4.78 is 15.6. The number of amides is 1. The summed E-state index contributed by atoms with van der Waals surface area (Å²) in [4.78, 5) is 18.0. The summed E-state index contributed by atoms with van der Waals surface area (Å²) >= 11 is 0. The number of hydrogen-bond acceptors (Lipinski definition) is 6. The van der Waals surface area contributed by atoms with E-state index in [2.05, 4.69) is 10.1 Å². The summed E-state index contributed by atoms with van der Waals surface area (Å²) in [6, 6.07) is 7.10. The Morgan fingerprint density at radius 2 is 2.04 bits per heavy atom. The molecule has 0 unspecified atom stereocenters. The molecule has 7 heteroatoms. The Labute approximate surface area is 131 Å². The molecule has 1 aliphatic rings. The largest absolute Gasteiger partial charge is 0.465 e. The Bertz CT molecular complexity index is 812. The third-order valence-electron chi connectivity index (χ3n) is 3.66. The topological polar surface area (TPSA) is 85.5 Å². The third-order valence-corrected chi connectivity index (χ3v) is 3.66. The Balaban J connectivity index is 1.35. The third kappa shape index (κ3) is 2.68. The number of nitrogens with zero attached hydrogens (tertiary/aromatic N) is 3. The van der Waals surface area contributed by atoms with Crippen LogP contribution >= 0.6 is 0 Å². The molecule has 0 spiro atoms. The standard InChI is InChI=1S/C16H13N3O4/c20-14(6-5-12-3-1-7-21-12)19-9-11(10-19)16-17-15(18-23-16)13-4-2-8-22-13/h1-8,11H,9-10H2/b6-5+. The van der Waals surface area contributed by atoms with Crippen LogP contribution in [0.2, 0.25) is 0 Å². The molecule has 0 radical (unpaired) electrons. The first-order valence-electron chi connectivity index (χ1n) is 7.17. The first kappa shape index (κ1) is 13.6. The van der Waals surface area contributed by atoms with Crippen molar-refractivity contribution in [3.63, 3.8) is 0 Å². The van der Waals surface area contributed by atoms with Gasteiger partial charge in [0.05, 0.1) is 18.4 Å². The van der Waals surface area contributed by atoms with E-state index in [0.717, 1.165) is 0 Å². The molecule has 1 aliphatic heterocycles. The molecule has 3 aromatic heterocycles. The molecule has 1 fully saturated rings. The van der Waals surface area contributed by atoms with E-state index in [1.165, 1.54) is 6.08 Å². The summed E-state index contributed by atoms with van der Waals surface area (Å²) in [5, 5.41) is 3.89. The molecule has 0 bridgehead atoms. The summed E-state index contributed by atoms with van der Waals surface area (Å²) in [6.07, 6.45) is 6.27. The molecule has 4 heterocycles. The van der Waals surface area contributed by atoms with Crippen LogP contribution in [0.4, 0.5) is 0 Å². The molecule has 1 amide bonds. The Hall–Kier alpha value is -3.09. The SMILES string of the molecule is O=C(/C=C/c1ccco1)N1CC(c2nc(-c3ccco3)no2)C1. The maximum Gasteiger partial charge on any atom is 0.246 e.